The summed E-state index contributed by atoms with van der Waals surface area (Å²) in [6.45, 7) is 6.42. The molecule has 0 unspecified atom stereocenters. The number of rotatable bonds is 3. The first-order chi connectivity index (χ1) is 10.8. The van der Waals surface area contributed by atoms with Crippen molar-refractivity contribution in [2.24, 2.45) is 5.92 Å². The summed E-state index contributed by atoms with van der Waals surface area (Å²) in [6.07, 6.45) is 2.08. The van der Waals surface area contributed by atoms with Gasteiger partial charge in [0.25, 0.3) is 0 Å². The van der Waals surface area contributed by atoms with Crippen LogP contribution in [0.2, 0.25) is 0 Å². The van der Waals surface area contributed by atoms with E-state index in [0.717, 1.165) is 0 Å². The van der Waals surface area contributed by atoms with E-state index in [-0.39, 0.29) is 23.5 Å². The maximum Gasteiger partial charge on any atom is 0.225 e. The number of hydrogen-bond acceptors (Lipinski definition) is 4. The van der Waals surface area contributed by atoms with E-state index in [1.807, 2.05) is 0 Å². The number of carbonyl (C=O) groups is 2. The van der Waals surface area contributed by atoms with Gasteiger partial charge in [0.1, 0.15) is 0 Å². The normalized spacial score (nSPS) is 22.0. The van der Waals surface area contributed by atoms with Crippen LogP contribution in [-0.4, -0.2) is 79.4 Å². The van der Waals surface area contributed by atoms with Gasteiger partial charge in [-0.25, -0.2) is 12.7 Å². The summed E-state index contributed by atoms with van der Waals surface area (Å²) in [4.78, 5) is 27.6. The summed E-state index contributed by atoms with van der Waals surface area (Å²) >= 11 is 0. The first kappa shape index (κ1) is 18.2. The second-order valence-corrected chi connectivity index (χ2v) is 8.52. The molecule has 0 aromatic rings. The Labute approximate surface area is 138 Å². The maximum atomic E-state index is 12.7. The molecular formula is C15H27N3O4S. The van der Waals surface area contributed by atoms with Gasteiger partial charge in [0.2, 0.25) is 21.8 Å². The first-order valence-electron chi connectivity index (χ1n) is 8.37. The number of amides is 2. The largest absolute Gasteiger partial charge is 0.343 e. The Morgan fingerprint density at radius 1 is 0.957 bits per heavy atom. The molecule has 2 rings (SSSR count). The highest BCUT2D eigenvalue weighted by atomic mass is 32.2. The van der Waals surface area contributed by atoms with Crippen molar-refractivity contribution < 1.29 is 18.0 Å². The summed E-state index contributed by atoms with van der Waals surface area (Å²) in [7, 11) is -3.18. The van der Waals surface area contributed by atoms with E-state index in [1.165, 1.54) is 4.31 Å². The van der Waals surface area contributed by atoms with Gasteiger partial charge in [0, 0.05) is 52.1 Å². The first-order valence-corrected chi connectivity index (χ1v) is 9.98. The molecule has 23 heavy (non-hydrogen) atoms. The van der Waals surface area contributed by atoms with E-state index < -0.39 is 10.0 Å². The van der Waals surface area contributed by atoms with Gasteiger partial charge in [0.05, 0.1) is 5.75 Å². The van der Waals surface area contributed by atoms with Crippen molar-refractivity contribution in [3.05, 3.63) is 0 Å². The molecule has 0 aromatic heterocycles. The topological polar surface area (TPSA) is 78.0 Å². The Kier molecular flexibility index (Phi) is 6.02. The molecule has 0 spiro atoms. The lowest BCUT2D eigenvalue weighted by Crippen LogP contribution is -2.45. The average Bonchev–Trinajstić information content (AvgIpc) is 2.81. The minimum Gasteiger partial charge on any atom is -0.343 e. The monoisotopic (exact) mass is 345 g/mol. The summed E-state index contributed by atoms with van der Waals surface area (Å²) in [5.41, 5.74) is 0. The lowest BCUT2D eigenvalue weighted by molar-refractivity contribution is -0.139. The minimum atomic E-state index is -3.18. The highest BCUT2D eigenvalue weighted by Gasteiger charge is 2.31. The summed E-state index contributed by atoms with van der Waals surface area (Å²) < 4.78 is 25.4. The summed E-state index contributed by atoms with van der Waals surface area (Å²) in [5.74, 6) is 0.236. The van der Waals surface area contributed by atoms with E-state index in [4.69, 9.17) is 0 Å². The molecule has 0 saturated carbocycles. The molecule has 7 nitrogen and oxygen atoms in total. The number of hydrogen-bond donors (Lipinski definition) is 0. The molecule has 2 amide bonds. The Morgan fingerprint density at radius 3 is 2.17 bits per heavy atom. The van der Waals surface area contributed by atoms with Gasteiger partial charge in [0.15, 0.2) is 0 Å². The zero-order chi connectivity index (χ0) is 17.0. The van der Waals surface area contributed by atoms with Crippen LogP contribution < -0.4 is 0 Å². The number of piperidine rings is 1. The van der Waals surface area contributed by atoms with Crippen molar-refractivity contribution >= 4 is 21.8 Å². The number of likely N-dealkylation sites (tertiary alicyclic amines) is 1. The van der Waals surface area contributed by atoms with Crippen molar-refractivity contribution in [3.63, 3.8) is 0 Å². The van der Waals surface area contributed by atoms with Crippen molar-refractivity contribution in [2.75, 3.05) is 45.0 Å². The van der Waals surface area contributed by atoms with Crippen LogP contribution in [0.15, 0.2) is 0 Å². The fraction of sp³-hybridized carbons (Fsp3) is 0.867. The Bertz CT molecular complexity index is 541. The molecule has 2 heterocycles. The molecule has 0 atom stereocenters. The zero-order valence-corrected chi connectivity index (χ0v) is 14.8. The maximum absolute atomic E-state index is 12.7. The second kappa shape index (κ2) is 7.61. The SMILES string of the molecule is CCS(=O)(=O)N1CCCN(C(=O)C2CCN(C(C)=O)CC2)CC1. The van der Waals surface area contributed by atoms with Crippen LogP contribution in [0.3, 0.4) is 0 Å². The second-order valence-electron chi connectivity index (χ2n) is 6.26. The Balaban J connectivity index is 1.90. The fourth-order valence-electron chi connectivity index (χ4n) is 3.27. The third kappa shape index (κ3) is 4.44. The highest BCUT2D eigenvalue weighted by molar-refractivity contribution is 7.89. The molecular weight excluding hydrogens is 318 g/mol. The quantitative estimate of drug-likeness (QED) is 0.728. The molecule has 2 saturated heterocycles. The standard InChI is InChI=1S/C15H27N3O4S/c1-3-23(21,22)18-8-4-7-17(11-12-18)15(20)14-5-9-16(10-6-14)13(2)19/h14H,3-12H2,1-2H3. The van der Waals surface area contributed by atoms with E-state index in [9.17, 15) is 18.0 Å². The summed E-state index contributed by atoms with van der Waals surface area (Å²) in [6, 6.07) is 0. The molecule has 0 N–H and O–H groups in total. The van der Waals surface area contributed by atoms with Gasteiger partial charge in [-0.3, -0.25) is 9.59 Å². The molecule has 2 fully saturated rings. The van der Waals surface area contributed by atoms with Crippen LogP contribution in [-0.2, 0) is 19.6 Å². The third-order valence-electron chi connectivity index (χ3n) is 4.81. The number of sulfonamides is 1. The van der Waals surface area contributed by atoms with Crippen LogP contribution in [0, 0.1) is 5.92 Å². The number of nitrogens with zero attached hydrogens (tertiary/aromatic N) is 3. The number of carbonyl (C=O) groups excluding carboxylic acids is 2. The van der Waals surface area contributed by atoms with Crippen molar-refractivity contribution in [1.29, 1.82) is 0 Å². The molecule has 132 valence electrons. The molecule has 8 heteroatoms. The Morgan fingerprint density at radius 2 is 1.61 bits per heavy atom. The van der Waals surface area contributed by atoms with Crippen LogP contribution in [0.5, 0.6) is 0 Å². The predicted molar refractivity (Wildman–Crippen MR) is 87.2 cm³/mol. The summed E-state index contributed by atoms with van der Waals surface area (Å²) in [5, 5.41) is 0. The molecule has 0 aromatic carbocycles. The molecule has 2 aliphatic heterocycles. The van der Waals surface area contributed by atoms with E-state index >= 15 is 0 Å². The van der Waals surface area contributed by atoms with Crippen LogP contribution >= 0.6 is 0 Å². The average molecular weight is 345 g/mol. The molecule has 0 aliphatic carbocycles. The zero-order valence-electron chi connectivity index (χ0n) is 14.0. The van der Waals surface area contributed by atoms with Crippen LogP contribution in [0.25, 0.3) is 0 Å². The van der Waals surface area contributed by atoms with Gasteiger partial charge in [-0.1, -0.05) is 0 Å². The lowest BCUT2D eigenvalue weighted by atomic mass is 9.95. The van der Waals surface area contributed by atoms with E-state index in [1.54, 1.807) is 23.6 Å². The highest BCUT2D eigenvalue weighted by Crippen LogP contribution is 2.21. The molecule has 0 radical (unpaired) electrons. The third-order valence-corrected chi connectivity index (χ3v) is 6.70. The Hall–Kier alpha value is -1.15. The fourth-order valence-corrected chi connectivity index (χ4v) is 4.41. The van der Waals surface area contributed by atoms with E-state index in [0.29, 0.717) is 58.5 Å². The predicted octanol–water partition coefficient (Wildman–Crippen LogP) is 0.129. The van der Waals surface area contributed by atoms with Gasteiger partial charge in [-0.05, 0) is 26.2 Å². The minimum absolute atomic E-state index is 0.0417. The van der Waals surface area contributed by atoms with Crippen molar-refractivity contribution in [2.45, 2.75) is 33.1 Å². The van der Waals surface area contributed by atoms with Crippen molar-refractivity contribution in [1.82, 2.24) is 14.1 Å². The van der Waals surface area contributed by atoms with Gasteiger partial charge in [-0.15, -0.1) is 0 Å². The van der Waals surface area contributed by atoms with Gasteiger partial charge in [-0.2, -0.15) is 0 Å². The molecule has 0 bridgehead atoms. The van der Waals surface area contributed by atoms with E-state index in [2.05, 4.69) is 0 Å². The smallest absolute Gasteiger partial charge is 0.225 e. The lowest BCUT2D eigenvalue weighted by Gasteiger charge is -2.33. The van der Waals surface area contributed by atoms with Gasteiger partial charge >= 0.3 is 0 Å². The van der Waals surface area contributed by atoms with Crippen molar-refractivity contribution in [3.8, 4) is 0 Å². The van der Waals surface area contributed by atoms with Gasteiger partial charge < -0.3 is 9.80 Å². The van der Waals surface area contributed by atoms with Crippen LogP contribution in [0.4, 0.5) is 0 Å². The van der Waals surface area contributed by atoms with Crippen LogP contribution in [0.1, 0.15) is 33.1 Å². The molecule has 2 aliphatic rings.